The molecule has 0 N–H and O–H groups in total. The average Bonchev–Trinajstić information content (AvgIpc) is 3.32. The zero-order chi connectivity index (χ0) is 19.5. The SMILES string of the molecule is COc1ccc(C)cc1CSc1nnc(-c2ccoc2C)n1-c1ccccc1. The molecular weight excluding hydrogens is 370 g/mol. The molecule has 0 radical (unpaired) electrons. The highest BCUT2D eigenvalue weighted by molar-refractivity contribution is 7.98. The molecule has 5 nitrogen and oxygen atoms in total. The molecule has 4 aromatic rings. The summed E-state index contributed by atoms with van der Waals surface area (Å²) in [6, 6.07) is 18.3. The van der Waals surface area contributed by atoms with E-state index in [1.165, 1.54) is 5.56 Å². The highest BCUT2D eigenvalue weighted by atomic mass is 32.2. The second-order valence-electron chi connectivity index (χ2n) is 6.47. The summed E-state index contributed by atoms with van der Waals surface area (Å²) >= 11 is 1.64. The first kappa shape index (κ1) is 18.4. The third-order valence-electron chi connectivity index (χ3n) is 4.54. The van der Waals surface area contributed by atoms with E-state index < -0.39 is 0 Å². The maximum atomic E-state index is 5.51. The van der Waals surface area contributed by atoms with E-state index in [0.717, 1.165) is 45.1 Å². The van der Waals surface area contributed by atoms with Gasteiger partial charge in [0, 0.05) is 17.0 Å². The zero-order valence-electron chi connectivity index (χ0n) is 16.0. The Morgan fingerprint density at radius 1 is 1.04 bits per heavy atom. The lowest BCUT2D eigenvalue weighted by molar-refractivity contribution is 0.411. The smallest absolute Gasteiger partial charge is 0.196 e. The van der Waals surface area contributed by atoms with Crippen LogP contribution in [0.1, 0.15) is 16.9 Å². The Balaban J connectivity index is 1.73. The molecule has 0 saturated carbocycles. The number of methoxy groups -OCH3 is 1. The summed E-state index contributed by atoms with van der Waals surface area (Å²) in [6.07, 6.45) is 1.68. The lowest BCUT2D eigenvalue weighted by Gasteiger charge is -2.11. The number of benzene rings is 2. The maximum absolute atomic E-state index is 5.51. The van der Waals surface area contributed by atoms with Crippen molar-refractivity contribution in [3.63, 3.8) is 0 Å². The van der Waals surface area contributed by atoms with Gasteiger partial charge in [-0.25, -0.2) is 0 Å². The lowest BCUT2D eigenvalue weighted by atomic mass is 10.1. The van der Waals surface area contributed by atoms with Gasteiger partial charge in [-0.2, -0.15) is 0 Å². The summed E-state index contributed by atoms with van der Waals surface area (Å²) < 4.78 is 13.1. The summed E-state index contributed by atoms with van der Waals surface area (Å²) in [5, 5.41) is 9.77. The summed E-state index contributed by atoms with van der Waals surface area (Å²) in [5.41, 5.74) is 4.30. The van der Waals surface area contributed by atoms with Crippen molar-refractivity contribution in [1.82, 2.24) is 14.8 Å². The van der Waals surface area contributed by atoms with E-state index >= 15 is 0 Å². The number of aromatic nitrogens is 3. The van der Waals surface area contributed by atoms with Crippen molar-refractivity contribution in [2.45, 2.75) is 24.8 Å². The standard InChI is InChI=1S/C22H21N3O2S/c1-15-9-10-20(26-3)17(13-15)14-28-22-24-23-21(19-11-12-27-16(19)2)25(22)18-7-5-4-6-8-18/h4-13H,14H2,1-3H3. The molecule has 2 aromatic heterocycles. The molecular formula is C22H21N3O2S. The molecule has 6 heteroatoms. The Morgan fingerprint density at radius 2 is 1.86 bits per heavy atom. The number of furan rings is 1. The van der Waals surface area contributed by atoms with E-state index in [4.69, 9.17) is 9.15 Å². The van der Waals surface area contributed by atoms with Crippen LogP contribution in [0.25, 0.3) is 17.1 Å². The van der Waals surface area contributed by atoms with Crippen molar-refractivity contribution in [3.05, 3.63) is 77.7 Å². The fourth-order valence-corrected chi connectivity index (χ4v) is 4.06. The lowest BCUT2D eigenvalue weighted by Crippen LogP contribution is -2.00. The van der Waals surface area contributed by atoms with Crippen LogP contribution in [0.3, 0.4) is 0 Å². The second-order valence-corrected chi connectivity index (χ2v) is 7.41. The minimum atomic E-state index is 0.736. The van der Waals surface area contributed by atoms with Crippen molar-refractivity contribution >= 4 is 11.8 Å². The Bertz CT molecular complexity index is 1090. The third kappa shape index (κ3) is 3.55. The quantitative estimate of drug-likeness (QED) is 0.409. The molecule has 4 rings (SSSR count). The number of para-hydroxylation sites is 1. The van der Waals surface area contributed by atoms with Crippen LogP contribution in [0.4, 0.5) is 0 Å². The van der Waals surface area contributed by atoms with Crippen LogP contribution >= 0.6 is 11.8 Å². The van der Waals surface area contributed by atoms with Gasteiger partial charge in [0.15, 0.2) is 11.0 Å². The van der Waals surface area contributed by atoms with E-state index in [1.54, 1.807) is 25.1 Å². The third-order valence-corrected chi connectivity index (χ3v) is 5.52. The summed E-state index contributed by atoms with van der Waals surface area (Å²) in [5.74, 6) is 3.22. The first-order chi connectivity index (χ1) is 13.7. The van der Waals surface area contributed by atoms with Crippen molar-refractivity contribution in [2.24, 2.45) is 0 Å². The van der Waals surface area contributed by atoms with Crippen molar-refractivity contribution in [3.8, 4) is 22.8 Å². The van der Waals surface area contributed by atoms with Crippen LogP contribution < -0.4 is 4.74 Å². The van der Waals surface area contributed by atoms with Gasteiger partial charge in [-0.15, -0.1) is 10.2 Å². The molecule has 0 atom stereocenters. The molecule has 142 valence electrons. The van der Waals surface area contributed by atoms with E-state index in [1.807, 2.05) is 37.3 Å². The predicted molar refractivity (Wildman–Crippen MR) is 111 cm³/mol. The molecule has 0 unspecified atom stereocenters. The number of hydrogen-bond acceptors (Lipinski definition) is 5. The van der Waals surface area contributed by atoms with Gasteiger partial charge in [0.1, 0.15) is 11.5 Å². The molecule has 0 aliphatic rings. The van der Waals surface area contributed by atoms with Gasteiger partial charge in [-0.1, -0.05) is 47.7 Å². The fraction of sp³-hybridized carbons (Fsp3) is 0.182. The highest BCUT2D eigenvalue weighted by Gasteiger charge is 2.19. The van der Waals surface area contributed by atoms with Gasteiger partial charge in [0.25, 0.3) is 0 Å². The van der Waals surface area contributed by atoms with Gasteiger partial charge >= 0.3 is 0 Å². The molecule has 2 heterocycles. The predicted octanol–water partition coefficient (Wildman–Crippen LogP) is 5.45. The van der Waals surface area contributed by atoms with Crippen molar-refractivity contribution in [2.75, 3.05) is 7.11 Å². The Labute approximate surface area is 168 Å². The van der Waals surface area contributed by atoms with Gasteiger partial charge in [0.2, 0.25) is 0 Å². The topological polar surface area (TPSA) is 53.1 Å². The molecule has 0 bridgehead atoms. The zero-order valence-corrected chi connectivity index (χ0v) is 16.9. The normalized spacial score (nSPS) is 11.0. The molecule has 0 aliphatic heterocycles. The Hall–Kier alpha value is -2.99. The van der Waals surface area contributed by atoms with E-state index in [0.29, 0.717) is 0 Å². The van der Waals surface area contributed by atoms with E-state index in [-0.39, 0.29) is 0 Å². The average molecular weight is 391 g/mol. The summed E-state index contributed by atoms with van der Waals surface area (Å²) in [6.45, 7) is 4.02. The van der Waals surface area contributed by atoms with Crippen LogP contribution in [-0.2, 0) is 5.75 Å². The van der Waals surface area contributed by atoms with Crippen molar-refractivity contribution < 1.29 is 9.15 Å². The van der Waals surface area contributed by atoms with Crippen LogP contribution in [-0.4, -0.2) is 21.9 Å². The molecule has 0 saturated heterocycles. The maximum Gasteiger partial charge on any atom is 0.196 e. The number of nitrogens with zero attached hydrogens (tertiary/aromatic N) is 3. The number of rotatable bonds is 6. The second kappa shape index (κ2) is 7.94. The van der Waals surface area contributed by atoms with Crippen LogP contribution in [0.15, 0.2) is 70.4 Å². The van der Waals surface area contributed by atoms with Crippen LogP contribution in [0.5, 0.6) is 5.75 Å². The number of hydrogen-bond donors (Lipinski definition) is 0. The molecule has 0 aliphatic carbocycles. The molecule has 0 amide bonds. The first-order valence-corrected chi connectivity index (χ1v) is 9.97. The largest absolute Gasteiger partial charge is 0.496 e. The minimum Gasteiger partial charge on any atom is -0.496 e. The number of thioether (sulfide) groups is 1. The number of ether oxygens (including phenoxy) is 1. The minimum absolute atomic E-state index is 0.736. The molecule has 0 spiro atoms. The molecule has 28 heavy (non-hydrogen) atoms. The highest BCUT2D eigenvalue weighted by Crippen LogP contribution is 2.33. The molecule has 0 fully saturated rings. The summed E-state index contributed by atoms with van der Waals surface area (Å²) in [7, 11) is 1.70. The van der Waals surface area contributed by atoms with Crippen LogP contribution in [0.2, 0.25) is 0 Å². The van der Waals surface area contributed by atoms with Crippen LogP contribution in [0, 0.1) is 13.8 Å². The monoisotopic (exact) mass is 391 g/mol. The fourth-order valence-electron chi connectivity index (χ4n) is 3.13. The van der Waals surface area contributed by atoms with E-state index in [9.17, 15) is 0 Å². The van der Waals surface area contributed by atoms with Gasteiger partial charge in [-0.3, -0.25) is 4.57 Å². The first-order valence-electron chi connectivity index (χ1n) is 8.99. The molecule has 2 aromatic carbocycles. The Kier molecular flexibility index (Phi) is 5.21. The Morgan fingerprint density at radius 3 is 2.57 bits per heavy atom. The van der Waals surface area contributed by atoms with Gasteiger partial charge in [-0.05, 0) is 38.1 Å². The van der Waals surface area contributed by atoms with E-state index in [2.05, 4.69) is 46.0 Å². The van der Waals surface area contributed by atoms with Gasteiger partial charge < -0.3 is 9.15 Å². The number of aryl methyl sites for hydroxylation is 2. The summed E-state index contributed by atoms with van der Waals surface area (Å²) in [4.78, 5) is 0. The van der Waals surface area contributed by atoms with Crippen molar-refractivity contribution in [1.29, 1.82) is 0 Å². The van der Waals surface area contributed by atoms with Gasteiger partial charge in [0.05, 0.1) is 18.9 Å².